The molecular formula is C13H17NO2. The first-order valence-corrected chi connectivity index (χ1v) is 5.79. The van der Waals surface area contributed by atoms with Crippen LogP contribution in [0.15, 0.2) is 18.2 Å². The number of rotatable bonds is 0. The lowest BCUT2D eigenvalue weighted by Crippen LogP contribution is -2.48. The number of hydrogen-bond donors (Lipinski definition) is 2. The number of para-hydroxylation sites is 1. The Balaban J connectivity index is 2.10. The summed E-state index contributed by atoms with van der Waals surface area (Å²) in [5.74, 6) is 0. The molecule has 0 spiro atoms. The van der Waals surface area contributed by atoms with Crippen molar-refractivity contribution in [1.29, 1.82) is 0 Å². The maximum absolute atomic E-state index is 9.71. The second-order valence-corrected chi connectivity index (χ2v) is 5.21. The number of aliphatic hydroxyl groups excluding tert-OH is 1. The zero-order valence-electron chi connectivity index (χ0n) is 9.66. The van der Waals surface area contributed by atoms with Crippen molar-refractivity contribution in [2.75, 3.05) is 5.32 Å². The lowest BCUT2D eigenvalue weighted by atomic mass is 9.80. The largest absolute Gasteiger partial charge is 0.379 e. The van der Waals surface area contributed by atoms with E-state index >= 15 is 0 Å². The molecule has 0 saturated carbocycles. The molecule has 2 bridgehead atoms. The molecule has 0 aromatic heterocycles. The van der Waals surface area contributed by atoms with Crippen molar-refractivity contribution >= 4 is 5.69 Å². The highest BCUT2D eigenvalue weighted by atomic mass is 16.6. The van der Waals surface area contributed by atoms with Crippen molar-refractivity contribution in [2.24, 2.45) is 0 Å². The van der Waals surface area contributed by atoms with Crippen LogP contribution in [-0.4, -0.2) is 16.9 Å². The Kier molecular flexibility index (Phi) is 2.03. The first-order valence-electron chi connectivity index (χ1n) is 5.79. The number of aryl methyl sites for hydroxylation is 1. The van der Waals surface area contributed by atoms with Crippen molar-refractivity contribution in [3.8, 4) is 0 Å². The van der Waals surface area contributed by atoms with Gasteiger partial charge in [-0.25, -0.2) is 0 Å². The van der Waals surface area contributed by atoms with Crippen LogP contribution in [0.3, 0.4) is 0 Å². The van der Waals surface area contributed by atoms with Crippen LogP contribution in [0, 0.1) is 6.92 Å². The van der Waals surface area contributed by atoms with Gasteiger partial charge in [-0.2, -0.15) is 0 Å². The standard InChI is InChI=1S/C13H17NO2/c1-8-4-3-5-9-10-6-13(2,14-12(8)9)7-11(15)16-10/h3-5,10-11,14-15H,6-7H2,1-2H3/t10-,11-,13-/m1/s1. The first-order chi connectivity index (χ1) is 7.57. The van der Waals surface area contributed by atoms with E-state index in [1.54, 1.807) is 0 Å². The van der Waals surface area contributed by atoms with E-state index in [0.717, 1.165) is 6.42 Å². The predicted molar refractivity (Wildman–Crippen MR) is 62.3 cm³/mol. The molecule has 2 N–H and O–H groups in total. The number of anilines is 1. The molecule has 3 heteroatoms. The summed E-state index contributed by atoms with van der Waals surface area (Å²) in [6.45, 7) is 4.26. The zero-order valence-corrected chi connectivity index (χ0v) is 9.66. The van der Waals surface area contributed by atoms with E-state index in [4.69, 9.17) is 4.74 Å². The van der Waals surface area contributed by atoms with E-state index in [1.165, 1.54) is 16.8 Å². The van der Waals surface area contributed by atoms with Gasteiger partial charge in [0.05, 0.1) is 6.10 Å². The SMILES string of the molecule is Cc1cccc2c1N[C@@]1(C)C[C@H](O)O[C@@H]2C1. The number of nitrogens with one attached hydrogen (secondary N) is 1. The van der Waals surface area contributed by atoms with E-state index in [1.807, 2.05) is 6.07 Å². The molecule has 1 fully saturated rings. The van der Waals surface area contributed by atoms with Crippen molar-refractivity contribution in [3.63, 3.8) is 0 Å². The maximum atomic E-state index is 9.71. The third-order valence-corrected chi connectivity index (χ3v) is 3.66. The van der Waals surface area contributed by atoms with Crippen LogP contribution >= 0.6 is 0 Å². The second kappa shape index (κ2) is 3.22. The number of aliphatic hydroxyl groups is 1. The average molecular weight is 219 g/mol. The number of hydrogen-bond acceptors (Lipinski definition) is 3. The summed E-state index contributed by atoms with van der Waals surface area (Å²) < 4.78 is 5.62. The second-order valence-electron chi connectivity index (χ2n) is 5.21. The van der Waals surface area contributed by atoms with E-state index < -0.39 is 6.29 Å². The van der Waals surface area contributed by atoms with E-state index in [0.29, 0.717) is 6.42 Å². The molecule has 1 aromatic carbocycles. The Hall–Kier alpha value is -1.06. The van der Waals surface area contributed by atoms with E-state index in [-0.39, 0.29) is 11.6 Å². The van der Waals surface area contributed by atoms with Crippen LogP contribution < -0.4 is 5.32 Å². The topological polar surface area (TPSA) is 41.5 Å². The minimum absolute atomic E-state index is 0.0323. The molecule has 1 aromatic rings. The Morgan fingerprint density at radius 3 is 3.06 bits per heavy atom. The number of ether oxygens (including phenoxy) is 1. The molecule has 16 heavy (non-hydrogen) atoms. The molecule has 1 saturated heterocycles. The third kappa shape index (κ3) is 1.43. The van der Waals surface area contributed by atoms with Gasteiger partial charge in [-0.15, -0.1) is 0 Å². The Labute approximate surface area is 95.4 Å². The van der Waals surface area contributed by atoms with Crippen LogP contribution in [0.2, 0.25) is 0 Å². The Bertz CT molecular complexity index is 432. The van der Waals surface area contributed by atoms with Gasteiger partial charge in [-0.1, -0.05) is 18.2 Å². The maximum Gasteiger partial charge on any atom is 0.157 e. The quantitative estimate of drug-likeness (QED) is 0.703. The fraction of sp³-hybridized carbons (Fsp3) is 0.538. The lowest BCUT2D eigenvalue weighted by Gasteiger charge is -2.47. The monoisotopic (exact) mass is 219 g/mol. The molecule has 2 aliphatic heterocycles. The summed E-state index contributed by atoms with van der Waals surface area (Å²) in [4.78, 5) is 0. The van der Waals surface area contributed by atoms with E-state index in [2.05, 4.69) is 31.3 Å². The van der Waals surface area contributed by atoms with Gasteiger partial charge in [0.15, 0.2) is 6.29 Å². The molecular weight excluding hydrogens is 202 g/mol. The average Bonchev–Trinajstić information content (AvgIpc) is 2.18. The minimum Gasteiger partial charge on any atom is -0.379 e. The zero-order chi connectivity index (χ0) is 11.3. The number of benzene rings is 1. The molecule has 2 heterocycles. The highest BCUT2D eigenvalue weighted by molar-refractivity contribution is 5.61. The van der Waals surface area contributed by atoms with Gasteiger partial charge in [-0.3, -0.25) is 0 Å². The van der Waals surface area contributed by atoms with E-state index in [9.17, 15) is 5.11 Å². The third-order valence-electron chi connectivity index (χ3n) is 3.66. The summed E-state index contributed by atoms with van der Waals surface area (Å²) in [5, 5.41) is 13.3. The molecule has 0 unspecified atom stereocenters. The molecule has 3 rings (SSSR count). The predicted octanol–water partition coefficient (Wildman–Crippen LogP) is 2.35. The fourth-order valence-corrected chi connectivity index (χ4v) is 2.88. The van der Waals surface area contributed by atoms with Crippen LogP contribution in [0.25, 0.3) is 0 Å². The summed E-state index contributed by atoms with van der Waals surface area (Å²) in [7, 11) is 0. The van der Waals surface area contributed by atoms with Gasteiger partial charge in [0, 0.05) is 29.6 Å². The van der Waals surface area contributed by atoms with Crippen molar-refractivity contribution in [2.45, 2.75) is 44.6 Å². The van der Waals surface area contributed by atoms with Gasteiger partial charge < -0.3 is 15.2 Å². The highest BCUT2D eigenvalue weighted by Crippen LogP contribution is 2.46. The van der Waals surface area contributed by atoms with Gasteiger partial charge in [0.1, 0.15) is 0 Å². The molecule has 86 valence electrons. The van der Waals surface area contributed by atoms with Crippen LogP contribution in [-0.2, 0) is 4.74 Å². The number of fused-ring (bicyclic) bond motifs is 4. The molecule has 0 amide bonds. The van der Waals surface area contributed by atoms with Crippen LogP contribution in [0.4, 0.5) is 5.69 Å². The van der Waals surface area contributed by atoms with Gasteiger partial charge in [-0.05, 0) is 19.4 Å². The highest BCUT2D eigenvalue weighted by Gasteiger charge is 2.42. The van der Waals surface area contributed by atoms with Gasteiger partial charge in [0.25, 0.3) is 0 Å². The molecule has 0 aliphatic carbocycles. The fourth-order valence-electron chi connectivity index (χ4n) is 2.88. The minimum atomic E-state index is -0.648. The van der Waals surface area contributed by atoms with Crippen LogP contribution in [0.5, 0.6) is 0 Å². The van der Waals surface area contributed by atoms with Crippen LogP contribution in [0.1, 0.15) is 37.0 Å². The van der Waals surface area contributed by atoms with Gasteiger partial charge in [0.2, 0.25) is 0 Å². The first kappa shape index (κ1) is 10.1. The lowest BCUT2D eigenvalue weighted by molar-refractivity contribution is -0.181. The summed E-state index contributed by atoms with van der Waals surface area (Å²) in [6.07, 6.45) is 0.965. The normalized spacial score (nSPS) is 36.4. The summed E-state index contributed by atoms with van der Waals surface area (Å²) >= 11 is 0. The van der Waals surface area contributed by atoms with Crippen molar-refractivity contribution in [3.05, 3.63) is 29.3 Å². The Morgan fingerprint density at radius 1 is 1.44 bits per heavy atom. The Morgan fingerprint density at radius 2 is 2.25 bits per heavy atom. The molecule has 2 aliphatic rings. The molecule has 3 atom stereocenters. The van der Waals surface area contributed by atoms with Crippen molar-refractivity contribution < 1.29 is 9.84 Å². The molecule has 0 radical (unpaired) electrons. The summed E-state index contributed by atoms with van der Waals surface area (Å²) in [5.41, 5.74) is 3.57. The molecule has 3 nitrogen and oxygen atoms in total. The smallest absolute Gasteiger partial charge is 0.157 e. The summed E-state index contributed by atoms with van der Waals surface area (Å²) in [6, 6.07) is 6.23. The van der Waals surface area contributed by atoms with Gasteiger partial charge >= 0.3 is 0 Å². The van der Waals surface area contributed by atoms with Crippen molar-refractivity contribution in [1.82, 2.24) is 0 Å².